The van der Waals surface area contributed by atoms with Gasteiger partial charge in [0.05, 0.1) is 17.4 Å². The molecule has 2 N–H and O–H groups in total. The first-order valence-corrected chi connectivity index (χ1v) is 9.78. The lowest BCUT2D eigenvalue weighted by Gasteiger charge is -2.43. The lowest BCUT2D eigenvalue weighted by atomic mass is 9.77. The van der Waals surface area contributed by atoms with Gasteiger partial charge in [-0.3, -0.25) is 5.41 Å². The second-order valence-corrected chi connectivity index (χ2v) is 7.80. The maximum atomic E-state index is 13.4. The highest BCUT2D eigenvalue weighted by molar-refractivity contribution is 6.02. The van der Waals surface area contributed by atoms with Crippen molar-refractivity contribution in [3.8, 4) is 0 Å². The SMILES string of the molecule is CCCC1CC(N/C=C(\C(=N)C(F)F)C2CN(C)c3ccccc3N2C)C1. The highest BCUT2D eigenvalue weighted by atomic mass is 19.3. The Balaban J connectivity index is 1.79. The van der Waals surface area contributed by atoms with Crippen molar-refractivity contribution >= 4 is 17.1 Å². The Bertz CT molecular complexity index is 697. The molecule has 0 saturated heterocycles. The predicted octanol–water partition coefficient (Wildman–Crippen LogP) is 4.28. The predicted molar refractivity (Wildman–Crippen MR) is 108 cm³/mol. The van der Waals surface area contributed by atoms with Gasteiger partial charge in [0.15, 0.2) is 0 Å². The summed E-state index contributed by atoms with van der Waals surface area (Å²) in [6, 6.07) is 8.01. The Morgan fingerprint density at radius 1 is 1.26 bits per heavy atom. The normalized spacial score (nSPS) is 25.3. The number of rotatable bonds is 7. The zero-order valence-electron chi connectivity index (χ0n) is 16.4. The van der Waals surface area contributed by atoms with E-state index in [0.29, 0.717) is 18.2 Å². The fourth-order valence-corrected chi connectivity index (χ4v) is 4.24. The van der Waals surface area contributed by atoms with Gasteiger partial charge in [-0.05, 0) is 30.9 Å². The van der Waals surface area contributed by atoms with Crippen molar-refractivity contribution in [2.24, 2.45) is 5.92 Å². The van der Waals surface area contributed by atoms with Crippen LogP contribution in [0.1, 0.15) is 32.6 Å². The van der Waals surface area contributed by atoms with E-state index in [-0.39, 0.29) is 6.04 Å². The molecule has 1 unspecified atom stereocenters. The first-order valence-electron chi connectivity index (χ1n) is 9.78. The number of likely N-dealkylation sites (N-methyl/N-ethyl adjacent to an activating group) is 2. The number of hydrogen-bond acceptors (Lipinski definition) is 4. The van der Waals surface area contributed by atoms with Crippen LogP contribution in [0.15, 0.2) is 36.0 Å². The average molecular weight is 376 g/mol. The van der Waals surface area contributed by atoms with Crippen molar-refractivity contribution < 1.29 is 8.78 Å². The number of hydrogen-bond donors (Lipinski definition) is 2. The third-order valence-corrected chi connectivity index (χ3v) is 5.88. The molecule has 148 valence electrons. The number of para-hydroxylation sites is 2. The lowest BCUT2D eigenvalue weighted by Crippen LogP contribution is -2.49. The molecule has 1 aromatic carbocycles. The molecule has 1 atom stereocenters. The molecule has 2 aliphatic rings. The molecular formula is C21H30F2N4. The zero-order chi connectivity index (χ0) is 19.6. The van der Waals surface area contributed by atoms with Gasteiger partial charge >= 0.3 is 0 Å². The molecule has 0 aromatic heterocycles. The number of fused-ring (bicyclic) bond motifs is 1. The molecule has 1 fully saturated rings. The smallest absolute Gasteiger partial charge is 0.280 e. The Morgan fingerprint density at radius 3 is 2.56 bits per heavy atom. The fraction of sp³-hybridized carbons (Fsp3) is 0.571. The summed E-state index contributed by atoms with van der Waals surface area (Å²) in [6.07, 6.45) is 3.50. The summed E-state index contributed by atoms with van der Waals surface area (Å²) < 4.78 is 26.8. The molecule has 1 aliphatic carbocycles. The topological polar surface area (TPSA) is 42.4 Å². The van der Waals surface area contributed by atoms with E-state index in [9.17, 15) is 8.78 Å². The standard InChI is InChI=1S/C21H30F2N4/c1-4-7-14-10-15(11-14)25-12-16(20(24)21(22)23)19-13-26(2)17-8-5-6-9-18(17)27(19)3/h5-6,8-9,12,14-15,19,21,24-25H,4,7,10-11,13H2,1-3H3/b16-12-,24-20?. The average Bonchev–Trinajstić information content (AvgIpc) is 2.62. The first-order chi connectivity index (χ1) is 12.9. The minimum Gasteiger partial charge on any atom is -0.388 e. The summed E-state index contributed by atoms with van der Waals surface area (Å²) in [4.78, 5) is 4.09. The van der Waals surface area contributed by atoms with Crippen LogP contribution in [0.2, 0.25) is 0 Å². The van der Waals surface area contributed by atoms with E-state index in [1.807, 2.05) is 43.3 Å². The lowest BCUT2D eigenvalue weighted by molar-refractivity contribution is 0.221. The molecule has 0 amide bonds. The number of halogens is 2. The Morgan fingerprint density at radius 2 is 1.93 bits per heavy atom. The molecule has 0 bridgehead atoms. The van der Waals surface area contributed by atoms with Gasteiger partial charge < -0.3 is 15.1 Å². The van der Waals surface area contributed by atoms with E-state index >= 15 is 0 Å². The largest absolute Gasteiger partial charge is 0.388 e. The first kappa shape index (κ1) is 19.6. The van der Waals surface area contributed by atoms with Crippen LogP contribution in [0.5, 0.6) is 0 Å². The summed E-state index contributed by atoms with van der Waals surface area (Å²) in [5.41, 5.74) is 1.87. The Kier molecular flexibility index (Phi) is 6.02. The Labute approximate surface area is 160 Å². The van der Waals surface area contributed by atoms with Crippen LogP contribution in [-0.4, -0.2) is 44.9 Å². The van der Waals surface area contributed by atoms with Crippen LogP contribution in [-0.2, 0) is 0 Å². The van der Waals surface area contributed by atoms with E-state index < -0.39 is 12.1 Å². The summed E-state index contributed by atoms with van der Waals surface area (Å²) in [7, 11) is 3.89. The molecule has 1 aliphatic heterocycles. The van der Waals surface area contributed by atoms with E-state index in [1.54, 1.807) is 6.20 Å². The second kappa shape index (κ2) is 8.28. The van der Waals surface area contributed by atoms with Gasteiger partial charge in [0.25, 0.3) is 6.43 Å². The van der Waals surface area contributed by atoms with Gasteiger partial charge in [-0.25, -0.2) is 8.78 Å². The van der Waals surface area contributed by atoms with Crippen LogP contribution >= 0.6 is 0 Å². The zero-order valence-corrected chi connectivity index (χ0v) is 16.4. The van der Waals surface area contributed by atoms with Crippen LogP contribution < -0.4 is 15.1 Å². The summed E-state index contributed by atoms with van der Waals surface area (Å²) in [6.45, 7) is 2.76. The van der Waals surface area contributed by atoms with Crippen molar-refractivity contribution in [1.82, 2.24) is 5.32 Å². The van der Waals surface area contributed by atoms with Crippen LogP contribution in [0.4, 0.5) is 20.2 Å². The second-order valence-electron chi connectivity index (χ2n) is 7.80. The third-order valence-electron chi connectivity index (χ3n) is 5.88. The number of benzene rings is 1. The van der Waals surface area contributed by atoms with Crippen molar-refractivity contribution in [2.45, 2.75) is 51.1 Å². The van der Waals surface area contributed by atoms with Crippen molar-refractivity contribution in [3.63, 3.8) is 0 Å². The van der Waals surface area contributed by atoms with Gasteiger partial charge in [-0.15, -0.1) is 0 Å². The van der Waals surface area contributed by atoms with E-state index in [1.165, 1.54) is 12.8 Å². The maximum absolute atomic E-state index is 13.4. The Hall–Kier alpha value is -2.11. The van der Waals surface area contributed by atoms with Crippen LogP contribution in [0.3, 0.4) is 0 Å². The van der Waals surface area contributed by atoms with E-state index in [2.05, 4.69) is 17.1 Å². The van der Waals surface area contributed by atoms with Crippen molar-refractivity contribution in [3.05, 3.63) is 36.0 Å². The van der Waals surface area contributed by atoms with Crippen molar-refractivity contribution in [2.75, 3.05) is 30.4 Å². The molecule has 27 heavy (non-hydrogen) atoms. The van der Waals surface area contributed by atoms with Gasteiger partial charge in [0, 0.05) is 38.5 Å². The summed E-state index contributed by atoms with van der Waals surface area (Å²) in [5, 5.41) is 11.3. The molecule has 0 spiro atoms. The molecular weight excluding hydrogens is 346 g/mol. The molecule has 4 nitrogen and oxygen atoms in total. The minimum atomic E-state index is -2.77. The molecule has 1 aromatic rings. The van der Waals surface area contributed by atoms with E-state index in [0.717, 1.165) is 30.1 Å². The molecule has 3 rings (SSSR count). The highest BCUT2D eigenvalue weighted by Gasteiger charge is 2.34. The molecule has 1 saturated carbocycles. The van der Waals surface area contributed by atoms with Crippen LogP contribution in [0, 0.1) is 11.3 Å². The summed E-state index contributed by atoms with van der Waals surface area (Å²) in [5.74, 6) is 0.745. The van der Waals surface area contributed by atoms with Gasteiger partial charge in [0.2, 0.25) is 0 Å². The maximum Gasteiger partial charge on any atom is 0.280 e. The number of alkyl halides is 2. The fourth-order valence-electron chi connectivity index (χ4n) is 4.24. The highest BCUT2D eigenvalue weighted by Crippen LogP contribution is 2.36. The van der Waals surface area contributed by atoms with Gasteiger partial charge in [0.1, 0.15) is 5.71 Å². The van der Waals surface area contributed by atoms with Gasteiger partial charge in [-0.2, -0.15) is 0 Å². The third kappa shape index (κ3) is 4.09. The molecule has 0 radical (unpaired) electrons. The molecule has 1 heterocycles. The van der Waals surface area contributed by atoms with Crippen molar-refractivity contribution in [1.29, 1.82) is 5.41 Å². The summed E-state index contributed by atoms with van der Waals surface area (Å²) >= 11 is 0. The monoisotopic (exact) mass is 376 g/mol. The quantitative estimate of drug-likeness (QED) is 0.698. The number of nitrogens with one attached hydrogen (secondary N) is 2. The number of anilines is 2. The minimum absolute atomic E-state index is 0.287. The van der Waals surface area contributed by atoms with Crippen LogP contribution in [0.25, 0.3) is 0 Å². The number of nitrogens with zero attached hydrogens (tertiary/aromatic N) is 2. The van der Waals surface area contributed by atoms with E-state index in [4.69, 9.17) is 5.41 Å². The molecule has 6 heteroatoms. The van der Waals surface area contributed by atoms with Gasteiger partial charge in [-0.1, -0.05) is 31.9 Å².